The molecule has 1 aliphatic carbocycles. The van der Waals surface area contributed by atoms with Crippen LogP contribution in [0.1, 0.15) is 25.7 Å². The van der Waals surface area contributed by atoms with Crippen LogP contribution in [0.5, 0.6) is 0 Å². The molecule has 8 heteroatoms. The molecule has 1 aromatic rings. The van der Waals surface area contributed by atoms with Crippen LogP contribution in [-0.2, 0) is 10.0 Å². The first kappa shape index (κ1) is 16.0. The Bertz CT molecular complexity index is 606. The van der Waals surface area contributed by atoms with Gasteiger partial charge in [0.2, 0.25) is 10.0 Å². The van der Waals surface area contributed by atoms with E-state index in [-0.39, 0.29) is 9.23 Å². The van der Waals surface area contributed by atoms with Crippen LogP contribution < -0.4 is 5.32 Å². The lowest BCUT2D eigenvalue weighted by atomic mass is 9.98. The maximum Gasteiger partial charge on any atom is 0.245 e. The van der Waals surface area contributed by atoms with E-state index in [1.54, 1.807) is 0 Å². The number of rotatable bonds is 5. The van der Waals surface area contributed by atoms with Gasteiger partial charge in [0.25, 0.3) is 0 Å². The van der Waals surface area contributed by atoms with Crippen LogP contribution in [0.3, 0.4) is 0 Å². The third-order valence-corrected chi connectivity index (χ3v) is 7.74. The summed E-state index contributed by atoms with van der Waals surface area (Å²) in [6, 6.07) is 2.16. The number of thiophene rings is 1. The van der Waals surface area contributed by atoms with Crippen molar-refractivity contribution in [1.82, 2.24) is 9.62 Å². The molecule has 0 aromatic carbocycles. The first-order valence-corrected chi connectivity index (χ1v) is 10.2. The molecular weight excluding hydrogens is 351 g/mol. The van der Waals surface area contributed by atoms with Gasteiger partial charge in [-0.1, -0.05) is 23.2 Å². The second-order valence-electron chi connectivity index (χ2n) is 5.72. The van der Waals surface area contributed by atoms with E-state index < -0.39 is 10.0 Å². The van der Waals surface area contributed by atoms with Crippen LogP contribution in [0.2, 0.25) is 8.67 Å². The van der Waals surface area contributed by atoms with E-state index in [1.807, 2.05) is 0 Å². The highest BCUT2D eigenvalue weighted by molar-refractivity contribution is 7.89. The van der Waals surface area contributed by atoms with E-state index >= 15 is 0 Å². The number of halogens is 2. The number of piperidine rings is 1. The molecule has 0 bridgehead atoms. The highest BCUT2D eigenvalue weighted by Gasteiger charge is 2.32. The lowest BCUT2D eigenvalue weighted by molar-refractivity contribution is 0.267. The van der Waals surface area contributed by atoms with E-state index in [1.165, 1.54) is 23.2 Å². The summed E-state index contributed by atoms with van der Waals surface area (Å²) in [5.74, 6) is 0.568. The fourth-order valence-electron chi connectivity index (χ4n) is 2.61. The molecule has 1 aromatic heterocycles. The highest BCUT2D eigenvalue weighted by Crippen LogP contribution is 2.36. The average Bonchev–Trinajstić information content (AvgIpc) is 3.21. The molecule has 3 rings (SSSR count). The maximum absolute atomic E-state index is 12.6. The van der Waals surface area contributed by atoms with Crippen molar-refractivity contribution in [1.29, 1.82) is 0 Å². The van der Waals surface area contributed by atoms with Crippen LogP contribution in [0, 0.1) is 5.92 Å². The van der Waals surface area contributed by atoms with Crippen molar-refractivity contribution in [2.45, 2.75) is 36.6 Å². The maximum atomic E-state index is 12.6. The molecule has 2 heterocycles. The molecule has 2 fully saturated rings. The van der Waals surface area contributed by atoms with E-state index in [2.05, 4.69) is 5.32 Å². The van der Waals surface area contributed by atoms with Crippen molar-refractivity contribution in [3.05, 3.63) is 14.7 Å². The minimum atomic E-state index is -3.51. The van der Waals surface area contributed by atoms with Crippen molar-refractivity contribution in [3.8, 4) is 0 Å². The van der Waals surface area contributed by atoms with E-state index in [4.69, 9.17) is 23.2 Å². The zero-order chi connectivity index (χ0) is 15.0. The molecule has 1 saturated carbocycles. The summed E-state index contributed by atoms with van der Waals surface area (Å²) >= 11 is 12.9. The Balaban J connectivity index is 1.61. The summed E-state index contributed by atoms with van der Waals surface area (Å²) in [4.78, 5) is 0.147. The summed E-state index contributed by atoms with van der Waals surface area (Å²) in [5.41, 5.74) is 0. The lowest BCUT2D eigenvalue weighted by Crippen LogP contribution is -2.40. The van der Waals surface area contributed by atoms with Gasteiger partial charge in [0.05, 0.1) is 4.34 Å². The first-order valence-electron chi connectivity index (χ1n) is 7.15. The minimum absolute atomic E-state index is 0.147. The quantitative estimate of drug-likeness (QED) is 0.867. The van der Waals surface area contributed by atoms with Crippen molar-refractivity contribution < 1.29 is 8.42 Å². The van der Waals surface area contributed by atoms with Gasteiger partial charge in [-0.25, -0.2) is 8.42 Å². The first-order chi connectivity index (χ1) is 9.96. The number of nitrogens with zero attached hydrogens (tertiary/aromatic N) is 1. The molecule has 0 unspecified atom stereocenters. The molecular formula is C13H18Cl2N2O2S2. The predicted molar refractivity (Wildman–Crippen MR) is 86.8 cm³/mol. The van der Waals surface area contributed by atoms with Crippen LogP contribution in [0.4, 0.5) is 0 Å². The third kappa shape index (κ3) is 3.74. The Labute approximate surface area is 139 Å². The summed E-state index contributed by atoms with van der Waals surface area (Å²) < 4.78 is 27.3. The topological polar surface area (TPSA) is 49.4 Å². The SMILES string of the molecule is O=S(=O)(c1cc(Cl)sc1Cl)N1CCC(CNC2CC2)CC1. The van der Waals surface area contributed by atoms with Crippen LogP contribution in [0.25, 0.3) is 0 Å². The van der Waals surface area contributed by atoms with E-state index in [0.717, 1.165) is 30.7 Å². The molecule has 0 atom stereocenters. The van der Waals surface area contributed by atoms with Gasteiger partial charge < -0.3 is 5.32 Å². The molecule has 0 radical (unpaired) electrons. The number of hydrogen-bond acceptors (Lipinski definition) is 4. The average molecular weight is 369 g/mol. The van der Waals surface area contributed by atoms with Gasteiger partial charge in [-0.05, 0) is 44.2 Å². The second kappa shape index (κ2) is 6.34. The van der Waals surface area contributed by atoms with Crippen LogP contribution in [0.15, 0.2) is 11.0 Å². The predicted octanol–water partition coefficient (Wildman–Crippen LogP) is 3.21. The number of hydrogen-bond donors (Lipinski definition) is 1. The van der Waals surface area contributed by atoms with Gasteiger partial charge in [0.15, 0.2) is 0 Å². The highest BCUT2D eigenvalue weighted by atomic mass is 35.5. The molecule has 2 aliphatic rings. The van der Waals surface area contributed by atoms with Crippen LogP contribution >= 0.6 is 34.5 Å². The molecule has 118 valence electrons. The Hall–Kier alpha value is 0.150. The van der Waals surface area contributed by atoms with Gasteiger partial charge in [-0.2, -0.15) is 4.31 Å². The fourth-order valence-corrected chi connectivity index (χ4v) is 6.20. The van der Waals surface area contributed by atoms with Gasteiger partial charge >= 0.3 is 0 Å². The molecule has 21 heavy (non-hydrogen) atoms. The smallest absolute Gasteiger partial charge is 0.245 e. The summed E-state index contributed by atoms with van der Waals surface area (Å²) in [6.07, 6.45) is 4.36. The standard InChI is InChI=1S/C13H18Cl2N2O2S2/c14-12-7-11(13(15)20-12)21(18,19)17-5-3-9(4-6-17)8-16-10-1-2-10/h7,9-10,16H,1-6,8H2. The molecule has 1 N–H and O–H groups in total. The normalized spacial score (nSPS) is 21.8. The van der Waals surface area contributed by atoms with Gasteiger partial charge in [0.1, 0.15) is 9.23 Å². The lowest BCUT2D eigenvalue weighted by Gasteiger charge is -2.31. The van der Waals surface area contributed by atoms with Gasteiger partial charge in [-0.3, -0.25) is 0 Å². The summed E-state index contributed by atoms with van der Waals surface area (Å²) in [7, 11) is -3.51. The van der Waals surface area contributed by atoms with Gasteiger partial charge in [0, 0.05) is 19.1 Å². The fraction of sp³-hybridized carbons (Fsp3) is 0.692. The molecule has 0 amide bonds. The van der Waals surface area contributed by atoms with E-state index in [9.17, 15) is 8.42 Å². The van der Waals surface area contributed by atoms with Crippen molar-refractivity contribution in [2.24, 2.45) is 5.92 Å². The monoisotopic (exact) mass is 368 g/mol. The van der Waals surface area contributed by atoms with Crippen molar-refractivity contribution >= 4 is 44.6 Å². The molecule has 1 aliphatic heterocycles. The summed E-state index contributed by atoms with van der Waals surface area (Å²) in [6.45, 7) is 2.12. The van der Waals surface area contributed by atoms with Crippen molar-refractivity contribution in [3.63, 3.8) is 0 Å². The van der Waals surface area contributed by atoms with E-state index in [0.29, 0.717) is 29.4 Å². The number of sulfonamides is 1. The summed E-state index contributed by atoms with van der Waals surface area (Å²) in [5, 5.41) is 3.52. The minimum Gasteiger partial charge on any atom is -0.314 e. The Morgan fingerprint density at radius 2 is 1.90 bits per heavy atom. The Morgan fingerprint density at radius 3 is 2.43 bits per heavy atom. The van der Waals surface area contributed by atoms with Gasteiger partial charge in [-0.15, -0.1) is 11.3 Å². The zero-order valence-corrected chi connectivity index (χ0v) is 14.7. The Kier molecular flexibility index (Phi) is 4.83. The third-order valence-electron chi connectivity index (χ3n) is 4.09. The Morgan fingerprint density at radius 1 is 1.24 bits per heavy atom. The van der Waals surface area contributed by atoms with Crippen molar-refractivity contribution in [2.75, 3.05) is 19.6 Å². The number of nitrogens with one attached hydrogen (secondary N) is 1. The van der Waals surface area contributed by atoms with Crippen LogP contribution in [-0.4, -0.2) is 38.4 Å². The molecule has 4 nitrogen and oxygen atoms in total. The molecule has 0 spiro atoms. The molecule has 1 saturated heterocycles. The zero-order valence-electron chi connectivity index (χ0n) is 11.5. The second-order valence-corrected chi connectivity index (χ2v) is 9.91. The largest absolute Gasteiger partial charge is 0.314 e.